The molecule has 0 bridgehead atoms. The van der Waals surface area contributed by atoms with Crippen LogP contribution in [0.4, 0.5) is 0 Å². The highest BCUT2D eigenvalue weighted by Crippen LogP contribution is 2.37. The third kappa shape index (κ3) is 6.34. The largest absolute Gasteiger partial charge is 0.502 e. The fourth-order valence-electron chi connectivity index (χ4n) is 3.34. The third-order valence-electron chi connectivity index (χ3n) is 4.73. The van der Waals surface area contributed by atoms with Crippen LogP contribution in [0.15, 0.2) is 29.3 Å². The van der Waals surface area contributed by atoms with Gasteiger partial charge in [-0.1, -0.05) is 12.2 Å². The predicted molar refractivity (Wildman–Crippen MR) is 113 cm³/mol. The van der Waals surface area contributed by atoms with Gasteiger partial charge in [0.05, 0.1) is 20.8 Å². The molecular formula is C21H34N4O3. The molecule has 156 valence electrons. The van der Waals surface area contributed by atoms with Crippen LogP contribution in [-0.2, 0) is 6.54 Å². The Labute approximate surface area is 168 Å². The molecule has 0 amide bonds. The van der Waals surface area contributed by atoms with Gasteiger partial charge >= 0.3 is 0 Å². The maximum absolute atomic E-state index is 10.0. The number of guanidine groups is 1. The number of rotatable bonds is 8. The van der Waals surface area contributed by atoms with Crippen LogP contribution < -0.4 is 20.1 Å². The van der Waals surface area contributed by atoms with Gasteiger partial charge in [-0.05, 0) is 44.4 Å². The van der Waals surface area contributed by atoms with Crippen LogP contribution in [0.1, 0.15) is 32.3 Å². The molecule has 3 N–H and O–H groups in total. The summed E-state index contributed by atoms with van der Waals surface area (Å²) in [6.45, 7) is 12.5. The Balaban J connectivity index is 2.00. The normalized spacial score (nSPS) is 15.9. The van der Waals surface area contributed by atoms with E-state index in [9.17, 15) is 5.11 Å². The van der Waals surface area contributed by atoms with E-state index in [1.807, 2.05) is 0 Å². The summed E-state index contributed by atoms with van der Waals surface area (Å²) in [7, 11) is 3.04. The summed E-state index contributed by atoms with van der Waals surface area (Å²) < 4.78 is 10.4. The van der Waals surface area contributed by atoms with E-state index in [-0.39, 0.29) is 5.75 Å². The molecule has 0 unspecified atom stereocenters. The summed E-state index contributed by atoms with van der Waals surface area (Å²) in [5.41, 5.74) is 2.11. The molecule has 2 rings (SSSR count). The highest BCUT2D eigenvalue weighted by molar-refractivity contribution is 5.80. The van der Waals surface area contributed by atoms with Gasteiger partial charge < -0.3 is 25.2 Å². The number of methoxy groups -OCH3 is 2. The van der Waals surface area contributed by atoms with Gasteiger partial charge in [0.15, 0.2) is 17.5 Å². The Kier molecular flexibility index (Phi) is 8.44. The Hall–Kier alpha value is -2.41. The Morgan fingerprint density at radius 2 is 1.86 bits per heavy atom. The SMILES string of the molecule is C=C(C)CN1CCC(NC(=NCc2cc(OC)c(O)c(OC)c2)NCC)CC1. The lowest BCUT2D eigenvalue weighted by Gasteiger charge is -2.33. The molecular weight excluding hydrogens is 356 g/mol. The number of piperidine rings is 1. The van der Waals surface area contributed by atoms with E-state index >= 15 is 0 Å². The molecule has 1 aromatic rings. The zero-order valence-electron chi connectivity index (χ0n) is 17.5. The van der Waals surface area contributed by atoms with E-state index in [1.54, 1.807) is 12.1 Å². The van der Waals surface area contributed by atoms with Crippen molar-refractivity contribution in [1.82, 2.24) is 15.5 Å². The minimum absolute atomic E-state index is 0.00396. The molecule has 1 aromatic carbocycles. The van der Waals surface area contributed by atoms with Gasteiger partial charge in [-0.2, -0.15) is 0 Å². The third-order valence-corrected chi connectivity index (χ3v) is 4.73. The fourth-order valence-corrected chi connectivity index (χ4v) is 3.34. The maximum atomic E-state index is 10.0. The number of hydrogen-bond acceptors (Lipinski definition) is 5. The molecule has 7 heteroatoms. The van der Waals surface area contributed by atoms with Gasteiger partial charge in [-0.3, -0.25) is 4.90 Å². The van der Waals surface area contributed by atoms with Crippen LogP contribution in [0.5, 0.6) is 17.2 Å². The maximum Gasteiger partial charge on any atom is 0.200 e. The first-order valence-corrected chi connectivity index (χ1v) is 9.82. The number of phenols is 1. The highest BCUT2D eigenvalue weighted by Gasteiger charge is 2.20. The summed E-state index contributed by atoms with van der Waals surface area (Å²) in [5, 5.41) is 16.9. The van der Waals surface area contributed by atoms with E-state index < -0.39 is 0 Å². The molecule has 7 nitrogen and oxygen atoms in total. The van der Waals surface area contributed by atoms with Crippen LogP contribution in [0, 0.1) is 0 Å². The second-order valence-electron chi connectivity index (χ2n) is 7.20. The van der Waals surface area contributed by atoms with Crippen molar-refractivity contribution >= 4 is 5.96 Å². The fraction of sp³-hybridized carbons (Fsp3) is 0.571. The number of nitrogens with one attached hydrogen (secondary N) is 2. The molecule has 0 saturated carbocycles. The minimum atomic E-state index is 0.00396. The molecule has 0 aliphatic carbocycles. The Morgan fingerprint density at radius 1 is 1.25 bits per heavy atom. The number of phenolic OH excluding ortho intramolecular Hbond substituents is 1. The molecule has 0 radical (unpaired) electrons. The van der Waals surface area contributed by atoms with Crippen molar-refractivity contribution in [2.75, 3.05) is 40.4 Å². The number of aliphatic imine (C=N–C) groups is 1. The van der Waals surface area contributed by atoms with Crippen molar-refractivity contribution < 1.29 is 14.6 Å². The van der Waals surface area contributed by atoms with Gasteiger partial charge in [0.1, 0.15) is 0 Å². The van der Waals surface area contributed by atoms with Crippen molar-refractivity contribution in [3.63, 3.8) is 0 Å². The Bertz CT molecular complexity index is 657. The smallest absolute Gasteiger partial charge is 0.200 e. The van der Waals surface area contributed by atoms with Crippen molar-refractivity contribution in [2.45, 2.75) is 39.3 Å². The second-order valence-corrected chi connectivity index (χ2v) is 7.20. The van der Waals surface area contributed by atoms with E-state index in [1.165, 1.54) is 19.8 Å². The van der Waals surface area contributed by atoms with Crippen molar-refractivity contribution in [2.24, 2.45) is 4.99 Å². The molecule has 1 aliphatic rings. The first-order valence-electron chi connectivity index (χ1n) is 9.82. The van der Waals surface area contributed by atoms with Crippen LogP contribution in [0.2, 0.25) is 0 Å². The predicted octanol–water partition coefficient (Wildman–Crippen LogP) is 2.50. The molecule has 1 heterocycles. The van der Waals surface area contributed by atoms with Crippen LogP contribution in [-0.4, -0.2) is 62.4 Å². The standard InChI is InChI=1S/C21H34N4O3/c1-6-22-21(24-17-7-9-25(10-8-17)14-15(2)3)23-13-16-11-18(27-4)20(26)19(12-16)28-5/h11-12,17,26H,2,6-10,13-14H2,1,3-5H3,(H2,22,23,24). The van der Waals surface area contributed by atoms with Crippen molar-refractivity contribution in [1.29, 1.82) is 0 Å². The monoisotopic (exact) mass is 390 g/mol. The van der Waals surface area contributed by atoms with Crippen LogP contribution in [0.25, 0.3) is 0 Å². The lowest BCUT2D eigenvalue weighted by Crippen LogP contribution is -2.48. The topological polar surface area (TPSA) is 78.4 Å². The summed E-state index contributed by atoms with van der Waals surface area (Å²) in [5.74, 6) is 1.57. The van der Waals surface area contributed by atoms with Gasteiger partial charge in [-0.15, -0.1) is 0 Å². The zero-order valence-corrected chi connectivity index (χ0v) is 17.5. The number of likely N-dealkylation sites (tertiary alicyclic amines) is 1. The van der Waals surface area contributed by atoms with Crippen LogP contribution in [0.3, 0.4) is 0 Å². The average Bonchev–Trinajstić information content (AvgIpc) is 2.68. The highest BCUT2D eigenvalue weighted by atomic mass is 16.5. The molecule has 1 aliphatic heterocycles. The van der Waals surface area contributed by atoms with E-state index in [4.69, 9.17) is 14.5 Å². The summed E-state index contributed by atoms with van der Waals surface area (Å²) in [6, 6.07) is 3.96. The number of aromatic hydroxyl groups is 1. The molecule has 28 heavy (non-hydrogen) atoms. The summed E-state index contributed by atoms with van der Waals surface area (Å²) in [4.78, 5) is 7.14. The summed E-state index contributed by atoms with van der Waals surface area (Å²) >= 11 is 0. The van der Waals surface area contributed by atoms with Crippen molar-refractivity contribution in [3.05, 3.63) is 29.8 Å². The Morgan fingerprint density at radius 3 is 2.36 bits per heavy atom. The van der Waals surface area contributed by atoms with Gasteiger partial charge in [-0.25, -0.2) is 4.99 Å². The number of ether oxygens (including phenoxy) is 2. The van der Waals surface area contributed by atoms with E-state index in [2.05, 4.69) is 36.0 Å². The lowest BCUT2D eigenvalue weighted by molar-refractivity contribution is 0.221. The number of hydrogen-bond donors (Lipinski definition) is 3. The second kappa shape index (κ2) is 10.8. The molecule has 0 atom stereocenters. The lowest BCUT2D eigenvalue weighted by atomic mass is 10.0. The quantitative estimate of drug-likeness (QED) is 0.360. The molecule has 0 aromatic heterocycles. The summed E-state index contributed by atoms with van der Waals surface area (Å²) in [6.07, 6.45) is 2.16. The molecule has 0 spiro atoms. The number of nitrogens with zero attached hydrogens (tertiary/aromatic N) is 2. The minimum Gasteiger partial charge on any atom is -0.502 e. The number of benzene rings is 1. The first-order chi connectivity index (χ1) is 13.5. The first kappa shape index (κ1) is 21.9. The van der Waals surface area contributed by atoms with Gasteiger partial charge in [0.2, 0.25) is 5.75 Å². The van der Waals surface area contributed by atoms with E-state index in [0.29, 0.717) is 24.1 Å². The van der Waals surface area contributed by atoms with E-state index in [0.717, 1.165) is 50.5 Å². The van der Waals surface area contributed by atoms with Crippen molar-refractivity contribution in [3.8, 4) is 17.2 Å². The van der Waals surface area contributed by atoms with Gasteiger partial charge in [0, 0.05) is 32.2 Å². The average molecular weight is 391 g/mol. The van der Waals surface area contributed by atoms with Crippen LogP contribution >= 0.6 is 0 Å². The molecule has 1 fully saturated rings. The van der Waals surface area contributed by atoms with Gasteiger partial charge in [0.25, 0.3) is 0 Å². The molecule has 1 saturated heterocycles. The zero-order chi connectivity index (χ0) is 20.5.